The van der Waals surface area contributed by atoms with E-state index in [0.717, 1.165) is 24.8 Å². The average Bonchev–Trinajstić information content (AvgIpc) is 2.74. The van der Waals surface area contributed by atoms with Gasteiger partial charge in [0, 0.05) is 36.3 Å². The number of sulfonamides is 1. The van der Waals surface area contributed by atoms with Crippen LogP contribution in [0.25, 0.3) is 0 Å². The van der Waals surface area contributed by atoms with E-state index in [2.05, 4.69) is 5.32 Å². The molecule has 0 saturated carbocycles. The lowest BCUT2D eigenvalue weighted by atomic mass is 10.0. The van der Waals surface area contributed by atoms with Crippen molar-refractivity contribution in [2.45, 2.75) is 50.5 Å². The van der Waals surface area contributed by atoms with E-state index in [9.17, 15) is 23.3 Å². The topological polar surface area (TPSA) is 110 Å². The second-order valence-electron chi connectivity index (χ2n) is 7.88. The summed E-state index contributed by atoms with van der Waals surface area (Å²) >= 11 is 0. The zero-order valence-electron chi connectivity index (χ0n) is 17.7. The van der Waals surface area contributed by atoms with E-state index in [1.807, 2.05) is 6.92 Å². The van der Waals surface area contributed by atoms with E-state index in [-0.39, 0.29) is 22.5 Å². The van der Waals surface area contributed by atoms with Gasteiger partial charge < -0.3 is 5.32 Å². The number of nitrogens with zero attached hydrogens (tertiary/aromatic N) is 2. The monoisotopic (exact) mass is 445 g/mol. The molecule has 1 unspecified atom stereocenters. The first kappa shape index (κ1) is 22.9. The van der Waals surface area contributed by atoms with E-state index in [1.165, 1.54) is 18.2 Å². The molecule has 0 spiro atoms. The highest BCUT2D eigenvalue weighted by atomic mass is 32.2. The Kier molecular flexibility index (Phi) is 7.07. The molecule has 8 nitrogen and oxygen atoms in total. The first-order chi connectivity index (χ1) is 14.7. The Morgan fingerprint density at radius 1 is 1.16 bits per heavy atom. The highest BCUT2D eigenvalue weighted by Gasteiger charge is 2.33. The fourth-order valence-corrected chi connectivity index (χ4v) is 5.60. The lowest BCUT2D eigenvalue weighted by Gasteiger charge is -2.34. The molecule has 0 bridgehead atoms. The smallest absolute Gasteiger partial charge is 0.272 e. The van der Waals surface area contributed by atoms with Crippen molar-refractivity contribution in [1.82, 2.24) is 9.62 Å². The highest BCUT2D eigenvalue weighted by molar-refractivity contribution is 7.89. The summed E-state index contributed by atoms with van der Waals surface area (Å²) in [4.78, 5) is 23.2. The second kappa shape index (κ2) is 9.57. The Balaban J connectivity index is 1.64. The van der Waals surface area contributed by atoms with Crippen LogP contribution in [-0.2, 0) is 10.0 Å². The molecular formula is C22H27N3O5S. The summed E-state index contributed by atoms with van der Waals surface area (Å²) in [6, 6.07) is 10.9. The first-order valence-corrected chi connectivity index (χ1v) is 11.8. The Morgan fingerprint density at radius 2 is 1.87 bits per heavy atom. The van der Waals surface area contributed by atoms with Gasteiger partial charge >= 0.3 is 0 Å². The summed E-state index contributed by atoms with van der Waals surface area (Å²) in [5.41, 5.74) is 1.73. The number of hydrogen-bond donors (Lipinski definition) is 1. The molecule has 0 aromatic heterocycles. The van der Waals surface area contributed by atoms with Crippen LogP contribution in [0.1, 0.15) is 47.2 Å². The Morgan fingerprint density at radius 3 is 2.52 bits per heavy atom. The molecule has 31 heavy (non-hydrogen) atoms. The summed E-state index contributed by atoms with van der Waals surface area (Å²) < 4.78 is 27.8. The third kappa shape index (κ3) is 5.29. The Labute approximate surface area is 182 Å². The third-order valence-electron chi connectivity index (χ3n) is 5.62. The minimum Gasteiger partial charge on any atom is -0.352 e. The van der Waals surface area contributed by atoms with Crippen LogP contribution < -0.4 is 5.32 Å². The molecular weight excluding hydrogens is 418 g/mol. The molecule has 1 aliphatic rings. The summed E-state index contributed by atoms with van der Waals surface area (Å²) in [7, 11) is -3.59. The number of piperidine rings is 1. The average molecular weight is 446 g/mol. The number of hydrogen-bond acceptors (Lipinski definition) is 5. The minimum absolute atomic E-state index is 0.0318. The van der Waals surface area contributed by atoms with Crippen LogP contribution in [0.5, 0.6) is 0 Å². The van der Waals surface area contributed by atoms with Crippen molar-refractivity contribution in [3.63, 3.8) is 0 Å². The van der Waals surface area contributed by atoms with Gasteiger partial charge in [0.1, 0.15) is 0 Å². The van der Waals surface area contributed by atoms with E-state index in [4.69, 9.17) is 0 Å². The van der Waals surface area contributed by atoms with Gasteiger partial charge in [-0.3, -0.25) is 14.9 Å². The maximum absolute atomic E-state index is 13.1. The number of rotatable bonds is 7. The van der Waals surface area contributed by atoms with Crippen molar-refractivity contribution in [2.75, 3.05) is 13.1 Å². The quantitative estimate of drug-likeness (QED) is 0.517. The summed E-state index contributed by atoms with van der Waals surface area (Å²) in [5.74, 6) is -0.332. The maximum atomic E-state index is 13.1. The zero-order valence-corrected chi connectivity index (χ0v) is 18.5. The third-order valence-corrected chi connectivity index (χ3v) is 7.59. The summed E-state index contributed by atoms with van der Waals surface area (Å²) in [5, 5.41) is 13.7. The van der Waals surface area contributed by atoms with E-state index in [1.54, 1.807) is 35.5 Å². The molecule has 1 heterocycles. The van der Waals surface area contributed by atoms with Gasteiger partial charge in [0.2, 0.25) is 10.0 Å². The number of nitrogens with one attached hydrogen (secondary N) is 1. The Bertz CT molecular complexity index is 1070. The van der Waals surface area contributed by atoms with Crippen molar-refractivity contribution in [3.05, 3.63) is 69.3 Å². The van der Waals surface area contributed by atoms with Crippen LogP contribution in [-0.4, -0.2) is 42.7 Å². The molecule has 1 amide bonds. The fourth-order valence-electron chi connectivity index (χ4n) is 3.88. The van der Waals surface area contributed by atoms with Crippen molar-refractivity contribution >= 4 is 21.6 Å². The molecule has 1 saturated heterocycles. The van der Waals surface area contributed by atoms with Gasteiger partial charge in [-0.05, 0) is 57.4 Å². The van der Waals surface area contributed by atoms with Crippen molar-refractivity contribution in [1.29, 1.82) is 0 Å². The number of benzene rings is 2. The zero-order chi connectivity index (χ0) is 22.6. The van der Waals surface area contributed by atoms with E-state index >= 15 is 0 Å². The van der Waals surface area contributed by atoms with Crippen molar-refractivity contribution in [3.8, 4) is 0 Å². The van der Waals surface area contributed by atoms with Gasteiger partial charge in [0.25, 0.3) is 11.6 Å². The van der Waals surface area contributed by atoms with Gasteiger partial charge in [-0.15, -0.1) is 0 Å². The predicted molar refractivity (Wildman–Crippen MR) is 117 cm³/mol. The second-order valence-corrected chi connectivity index (χ2v) is 9.77. The molecule has 2 aromatic carbocycles. The van der Waals surface area contributed by atoms with Crippen LogP contribution in [0.3, 0.4) is 0 Å². The number of carbonyl (C=O) groups excluding carboxylic acids is 1. The molecule has 166 valence electrons. The number of aryl methyl sites for hydroxylation is 2. The van der Waals surface area contributed by atoms with Gasteiger partial charge in [-0.1, -0.05) is 24.1 Å². The number of nitro groups is 1. The summed E-state index contributed by atoms with van der Waals surface area (Å²) in [6.45, 7) is 4.29. The van der Waals surface area contributed by atoms with Crippen molar-refractivity contribution in [2.24, 2.45) is 0 Å². The van der Waals surface area contributed by atoms with Crippen LogP contribution in [0.15, 0.2) is 47.4 Å². The first-order valence-electron chi connectivity index (χ1n) is 10.3. The van der Waals surface area contributed by atoms with E-state index in [0.29, 0.717) is 30.6 Å². The SMILES string of the molecule is Cc1ccc(S(=O)(=O)N2CCCCC2CCNC(=O)c2ccc([N+](=O)[O-])c(C)c2)cc1. The lowest BCUT2D eigenvalue weighted by molar-refractivity contribution is -0.385. The lowest BCUT2D eigenvalue weighted by Crippen LogP contribution is -2.45. The molecule has 3 rings (SSSR count). The largest absolute Gasteiger partial charge is 0.352 e. The molecule has 2 aromatic rings. The molecule has 1 aliphatic heterocycles. The van der Waals surface area contributed by atoms with Crippen LogP contribution in [0.2, 0.25) is 0 Å². The van der Waals surface area contributed by atoms with Gasteiger partial charge in [0.15, 0.2) is 0 Å². The van der Waals surface area contributed by atoms with Gasteiger partial charge in [0.05, 0.1) is 9.82 Å². The Hall–Kier alpha value is -2.78. The van der Waals surface area contributed by atoms with E-state index < -0.39 is 14.9 Å². The van der Waals surface area contributed by atoms with Gasteiger partial charge in [-0.2, -0.15) is 4.31 Å². The van der Waals surface area contributed by atoms with Crippen LogP contribution in [0, 0.1) is 24.0 Å². The van der Waals surface area contributed by atoms with Gasteiger partial charge in [-0.25, -0.2) is 8.42 Å². The summed E-state index contributed by atoms with van der Waals surface area (Å²) in [6.07, 6.45) is 3.01. The highest BCUT2D eigenvalue weighted by Crippen LogP contribution is 2.27. The predicted octanol–water partition coefficient (Wildman–Crippen LogP) is 3.57. The van der Waals surface area contributed by atoms with Crippen LogP contribution in [0.4, 0.5) is 5.69 Å². The fraction of sp³-hybridized carbons (Fsp3) is 0.409. The standard InChI is InChI=1S/C22H27N3O5S/c1-16-6-9-20(10-7-16)31(29,30)24-14-4-3-5-19(24)12-13-23-22(26)18-8-11-21(25(27)28)17(2)15-18/h6-11,15,19H,3-5,12-14H2,1-2H3,(H,23,26). The molecule has 1 atom stereocenters. The van der Waals surface area contributed by atoms with Crippen molar-refractivity contribution < 1.29 is 18.1 Å². The number of carbonyl (C=O) groups is 1. The molecule has 1 N–H and O–H groups in total. The molecule has 9 heteroatoms. The molecule has 0 radical (unpaired) electrons. The molecule has 1 fully saturated rings. The number of amides is 1. The minimum atomic E-state index is -3.59. The van der Waals surface area contributed by atoms with Crippen LogP contribution >= 0.6 is 0 Å². The number of nitro benzene ring substituents is 1. The maximum Gasteiger partial charge on any atom is 0.272 e. The molecule has 0 aliphatic carbocycles. The normalized spacial score (nSPS) is 17.3.